The molecule has 1 aromatic heterocycles. The minimum absolute atomic E-state index is 0.415. The molecule has 2 rings (SSSR count). The first-order valence-corrected chi connectivity index (χ1v) is 6.20. The van der Waals surface area contributed by atoms with Gasteiger partial charge < -0.3 is 15.6 Å². The molecule has 0 fully saturated rings. The van der Waals surface area contributed by atoms with Gasteiger partial charge in [-0.15, -0.1) is 0 Å². The van der Waals surface area contributed by atoms with Crippen molar-refractivity contribution in [3.63, 3.8) is 0 Å². The zero-order valence-electron chi connectivity index (χ0n) is 11.2. The maximum Gasteiger partial charge on any atom is 0.193 e. The Hall–Kier alpha value is -2.30. The molecule has 100 valence electrons. The number of guanidine groups is 1. The van der Waals surface area contributed by atoms with Crippen molar-refractivity contribution in [3.05, 3.63) is 47.3 Å². The molecule has 0 aliphatic heterocycles. The maximum absolute atomic E-state index is 5.82. The number of rotatable bonds is 4. The summed E-state index contributed by atoms with van der Waals surface area (Å²) in [5.74, 6) is 1.26. The number of hydrogen-bond acceptors (Lipinski definition) is 3. The summed E-state index contributed by atoms with van der Waals surface area (Å²) in [6.45, 7) is 4.44. The molecule has 0 amide bonds. The number of anilines is 1. The number of nitrogens with zero attached hydrogens (tertiary/aromatic N) is 2. The third kappa shape index (κ3) is 3.58. The SMILES string of the molecule is Cc1noc(C)c1CCN=C(N)Nc1ccccc1. The van der Waals surface area contributed by atoms with Gasteiger partial charge in [-0.05, 0) is 32.4 Å². The highest BCUT2D eigenvalue weighted by Crippen LogP contribution is 2.12. The lowest BCUT2D eigenvalue weighted by molar-refractivity contribution is 0.392. The molecular formula is C14H18N4O. The van der Waals surface area contributed by atoms with Crippen LogP contribution in [0.2, 0.25) is 0 Å². The highest BCUT2D eigenvalue weighted by molar-refractivity contribution is 5.92. The number of aryl methyl sites for hydroxylation is 2. The van der Waals surface area contributed by atoms with Crippen LogP contribution >= 0.6 is 0 Å². The summed E-state index contributed by atoms with van der Waals surface area (Å²) in [5, 5.41) is 6.95. The Morgan fingerprint density at radius 3 is 2.68 bits per heavy atom. The minimum atomic E-state index is 0.415. The second-order valence-corrected chi connectivity index (χ2v) is 4.31. The van der Waals surface area contributed by atoms with Crippen LogP contribution in [0.15, 0.2) is 39.8 Å². The second-order valence-electron chi connectivity index (χ2n) is 4.31. The van der Waals surface area contributed by atoms with E-state index in [9.17, 15) is 0 Å². The van der Waals surface area contributed by atoms with Gasteiger partial charge in [0.25, 0.3) is 0 Å². The zero-order chi connectivity index (χ0) is 13.7. The van der Waals surface area contributed by atoms with Gasteiger partial charge in [0.05, 0.1) is 5.69 Å². The van der Waals surface area contributed by atoms with Gasteiger partial charge in [0, 0.05) is 17.8 Å². The average Bonchev–Trinajstić information content (AvgIpc) is 2.71. The van der Waals surface area contributed by atoms with Gasteiger partial charge >= 0.3 is 0 Å². The Kier molecular flexibility index (Phi) is 4.18. The van der Waals surface area contributed by atoms with Crippen LogP contribution in [0.5, 0.6) is 0 Å². The molecule has 19 heavy (non-hydrogen) atoms. The van der Waals surface area contributed by atoms with E-state index in [4.69, 9.17) is 10.3 Å². The van der Waals surface area contributed by atoms with Crippen LogP contribution in [0.4, 0.5) is 5.69 Å². The first-order chi connectivity index (χ1) is 9.16. The molecule has 1 aromatic carbocycles. The first-order valence-electron chi connectivity index (χ1n) is 6.20. The molecule has 5 heteroatoms. The highest BCUT2D eigenvalue weighted by atomic mass is 16.5. The van der Waals surface area contributed by atoms with E-state index in [-0.39, 0.29) is 0 Å². The van der Waals surface area contributed by atoms with Gasteiger partial charge in [0.15, 0.2) is 5.96 Å². The van der Waals surface area contributed by atoms with Crippen LogP contribution in [0.3, 0.4) is 0 Å². The van der Waals surface area contributed by atoms with E-state index < -0.39 is 0 Å². The summed E-state index contributed by atoms with van der Waals surface area (Å²) >= 11 is 0. The summed E-state index contributed by atoms with van der Waals surface area (Å²) in [7, 11) is 0. The number of hydrogen-bond donors (Lipinski definition) is 2. The van der Waals surface area contributed by atoms with Crippen LogP contribution in [-0.2, 0) is 6.42 Å². The smallest absolute Gasteiger partial charge is 0.193 e. The number of para-hydroxylation sites is 1. The summed E-state index contributed by atoms with van der Waals surface area (Å²) in [4.78, 5) is 4.29. The average molecular weight is 258 g/mol. The van der Waals surface area contributed by atoms with E-state index in [2.05, 4.69) is 15.5 Å². The van der Waals surface area contributed by atoms with Crippen LogP contribution in [0.1, 0.15) is 17.0 Å². The summed E-state index contributed by atoms with van der Waals surface area (Å²) in [6.07, 6.45) is 0.776. The number of aromatic nitrogens is 1. The van der Waals surface area contributed by atoms with E-state index in [0.29, 0.717) is 12.5 Å². The van der Waals surface area contributed by atoms with Crippen molar-refractivity contribution >= 4 is 11.6 Å². The fourth-order valence-electron chi connectivity index (χ4n) is 1.86. The van der Waals surface area contributed by atoms with Crippen molar-refractivity contribution in [2.75, 3.05) is 11.9 Å². The summed E-state index contributed by atoms with van der Waals surface area (Å²) in [5.41, 5.74) is 8.78. The number of benzene rings is 1. The minimum Gasteiger partial charge on any atom is -0.370 e. The predicted octanol–water partition coefficient (Wildman–Crippen LogP) is 2.26. The fraction of sp³-hybridized carbons (Fsp3) is 0.286. The Morgan fingerprint density at radius 2 is 2.05 bits per heavy atom. The molecule has 0 atom stereocenters. The van der Waals surface area contributed by atoms with Crippen molar-refractivity contribution < 1.29 is 4.52 Å². The molecule has 0 unspecified atom stereocenters. The topological polar surface area (TPSA) is 76.4 Å². The molecule has 0 aliphatic carbocycles. The highest BCUT2D eigenvalue weighted by Gasteiger charge is 2.07. The second kappa shape index (κ2) is 6.04. The lowest BCUT2D eigenvalue weighted by Gasteiger charge is -2.04. The third-order valence-corrected chi connectivity index (χ3v) is 2.87. The molecule has 0 aliphatic rings. The standard InChI is InChI=1S/C14H18N4O/c1-10-13(11(2)19-18-10)8-9-16-14(15)17-12-6-4-3-5-7-12/h3-7H,8-9H2,1-2H3,(H3,15,16,17). The van der Waals surface area contributed by atoms with E-state index in [1.165, 1.54) is 0 Å². The molecule has 0 spiro atoms. The van der Waals surface area contributed by atoms with Crippen molar-refractivity contribution in [1.29, 1.82) is 0 Å². The van der Waals surface area contributed by atoms with E-state index >= 15 is 0 Å². The maximum atomic E-state index is 5.82. The van der Waals surface area contributed by atoms with Gasteiger partial charge in [-0.2, -0.15) is 0 Å². The molecule has 3 N–H and O–H groups in total. The first kappa shape index (κ1) is 13.1. The molecule has 0 radical (unpaired) electrons. The van der Waals surface area contributed by atoms with Crippen LogP contribution in [-0.4, -0.2) is 17.7 Å². The van der Waals surface area contributed by atoms with Crippen molar-refractivity contribution in [2.24, 2.45) is 10.7 Å². The molecule has 2 aromatic rings. The predicted molar refractivity (Wildman–Crippen MR) is 76.2 cm³/mol. The van der Waals surface area contributed by atoms with Crippen LogP contribution < -0.4 is 11.1 Å². The molecule has 0 bridgehead atoms. The fourth-order valence-corrected chi connectivity index (χ4v) is 1.86. The van der Waals surface area contributed by atoms with Gasteiger partial charge in [0.2, 0.25) is 0 Å². The van der Waals surface area contributed by atoms with E-state index in [1.54, 1.807) is 0 Å². The lowest BCUT2D eigenvalue weighted by Crippen LogP contribution is -2.23. The number of nitrogens with two attached hydrogens (primary N) is 1. The van der Waals surface area contributed by atoms with Gasteiger partial charge in [0.1, 0.15) is 5.76 Å². The summed E-state index contributed by atoms with van der Waals surface area (Å²) in [6, 6.07) is 9.72. The van der Waals surface area contributed by atoms with E-state index in [0.717, 1.165) is 29.1 Å². The molecular weight excluding hydrogens is 240 g/mol. The Labute approximate surface area is 112 Å². The third-order valence-electron chi connectivity index (χ3n) is 2.87. The Bertz CT molecular complexity index is 541. The quantitative estimate of drug-likeness (QED) is 0.651. The number of nitrogens with one attached hydrogen (secondary N) is 1. The molecule has 0 saturated carbocycles. The van der Waals surface area contributed by atoms with Crippen LogP contribution in [0.25, 0.3) is 0 Å². The Balaban J connectivity index is 1.89. The largest absolute Gasteiger partial charge is 0.370 e. The van der Waals surface area contributed by atoms with Gasteiger partial charge in [-0.1, -0.05) is 23.4 Å². The van der Waals surface area contributed by atoms with Crippen molar-refractivity contribution in [2.45, 2.75) is 20.3 Å². The molecule has 5 nitrogen and oxygen atoms in total. The van der Waals surface area contributed by atoms with E-state index in [1.807, 2.05) is 44.2 Å². The summed E-state index contributed by atoms with van der Waals surface area (Å²) < 4.78 is 5.10. The zero-order valence-corrected chi connectivity index (χ0v) is 11.2. The Morgan fingerprint density at radius 1 is 1.32 bits per heavy atom. The normalized spacial score (nSPS) is 11.6. The van der Waals surface area contributed by atoms with Gasteiger partial charge in [-0.25, -0.2) is 0 Å². The lowest BCUT2D eigenvalue weighted by atomic mass is 10.1. The molecule has 1 heterocycles. The van der Waals surface area contributed by atoms with Gasteiger partial charge in [-0.3, -0.25) is 4.99 Å². The monoisotopic (exact) mass is 258 g/mol. The van der Waals surface area contributed by atoms with Crippen LogP contribution in [0, 0.1) is 13.8 Å². The van der Waals surface area contributed by atoms with Crippen molar-refractivity contribution in [3.8, 4) is 0 Å². The molecule has 0 saturated heterocycles. The van der Waals surface area contributed by atoms with Crippen molar-refractivity contribution in [1.82, 2.24) is 5.16 Å². The number of aliphatic imine (C=N–C) groups is 1.